The molecule has 0 bridgehead atoms. The third-order valence-electron chi connectivity index (χ3n) is 3.23. The summed E-state index contributed by atoms with van der Waals surface area (Å²) >= 11 is 1.42. The molecule has 1 amide bonds. The molecule has 5 nitrogen and oxygen atoms in total. The van der Waals surface area contributed by atoms with Crippen LogP contribution in [0.2, 0.25) is 0 Å². The van der Waals surface area contributed by atoms with Gasteiger partial charge in [-0.2, -0.15) is 5.26 Å². The summed E-state index contributed by atoms with van der Waals surface area (Å²) in [6.45, 7) is 2.15. The Morgan fingerprint density at radius 2 is 2.25 bits per heavy atom. The van der Waals surface area contributed by atoms with Crippen LogP contribution in [0.15, 0.2) is 12.2 Å². The first-order valence-corrected chi connectivity index (χ1v) is 7.09. The molecule has 1 aliphatic carbocycles. The first-order chi connectivity index (χ1) is 9.51. The van der Waals surface area contributed by atoms with Crippen LogP contribution in [-0.4, -0.2) is 17.0 Å². The summed E-state index contributed by atoms with van der Waals surface area (Å²) in [6, 6.07) is 2.15. The van der Waals surface area contributed by atoms with E-state index in [9.17, 15) is 14.9 Å². The fraction of sp³-hybridized carbons (Fsp3) is 0.357. The maximum Gasteiger partial charge on any atom is 0.328 e. The lowest BCUT2D eigenvalue weighted by Crippen LogP contribution is -2.10. The van der Waals surface area contributed by atoms with Crippen molar-refractivity contribution in [3.8, 4) is 6.07 Å². The Labute approximate surface area is 120 Å². The Balaban J connectivity index is 2.23. The van der Waals surface area contributed by atoms with Gasteiger partial charge in [0.15, 0.2) is 0 Å². The third-order valence-corrected chi connectivity index (χ3v) is 4.44. The van der Waals surface area contributed by atoms with Gasteiger partial charge in [0.1, 0.15) is 11.1 Å². The van der Waals surface area contributed by atoms with Crippen LogP contribution in [0.25, 0.3) is 0 Å². The Bertz CT molecular complexity index is 625. The van der Waals surface area contributed by atoms with Crippen LogP contribution in [0.4, 0.5) is 5.00 Å². The summed E-state index contributed by atoms with van der Waals surface area (Å²) in [4.78, 5) is 23.1. The molecule has 0 aromatic carbocycles. The Morgan fingerprint density at radius 1 is 1.50 bits per heavy atom. The van der Waals surface area contributed by atoms with Crippen molar-refractivity contribution in [1.29, 1.82) is 5.26 Å². The molecule has 1 heterocycles. The molecule has 0 unspecified atom stereocenters. The molecule has 1 aromatic rings. The number of hydrogen-bond donors (Lipinski definition) is 2. The second-order valence-electron chi connectivity index (χ2n) is 4.83. The van der Waals surface area contributed by atoms with E-state index < -0.39 is 11.9 Å². The standard InChI is InChI=1S/C14H14N2O3S/c1-8-2-3-11-9(6-8)10(7-15)14(20-11)16-12(17)4-5-13(18)19/h4-5,8H,2-3,6H2,1H3,(H,16,17)(H,18,19)/b5-4+/t8-/m0/s1. The molecule has 20 heavy (non-hydrogen) atoms. The zero-order chi connectivity index (χ0) is 14.7. The molecule has 0 radical (unpaired) electrons. The number of carbonyl (C=O) groups excluding carboxylic acids is 1. The molecule has 1 aliphatic rings. The van der Waals surface area contributed by atoms with Crippen LogP contribution in [0.5, 0.6) is 0 Å². The van der Waals surface area contributed by atoms with Crippen LogP contribution in [0.1, 0.15) is 29.3 Å². The number of thiophene rings is 1. The smallest absolute Gasteiger partial charge is 0.328 e. The highest BCUT2D eigenvalue weighted by Gasteiger charge is 2.24. The lowest BCUT2D eigenvalue weighted by atomic mass is 9.88. The quantitative estimate of drug-likeness (QED) is 0.836. The molecular weight excluding hydrogens is 276 g/mol. The number of anilines is 1. The van der Waals surface area contributed by atoms with Crippen LogP contribution in [0.3, 0.4) is 0 Å². The summed E-state index contributed by atoms with van der Waals surface area (Å²) in [6.07, 6.45) is 4.60. The average Bonchev–Trinajstić information content (AvgIpc) is 2.72. The van der Waals surface area contributed by atoms with Gasteiger partial charge in [-0.25, -0.2) is 4.79 Å². The molecule has 0 saturated heterocycles. The number of aliphatic carboxylic acids is 1. The average molecular weight is 290 g/mol. The largest absolute Gasteiger partial charge is 0.478 e. The summed E-state index contributed by atoms with van der Waals surface area (Å²) in [5.41, 5.74) is 1.56. The van der Waals surface area contributed by atoms with E-state index in [0.29, 0.717) is 16.5 Å². The van der Waals surface area contributed by atoms with Crippen molar-refractivity contribution in [2.75, 3.05) is 5.32 Å². The number of carboxylic acid groups (broad SMARTS) is 1. The number of fused-ring (bicyclic) bond motifs is 1. The van der Waals surface area contributed by atoms with Gasteiger partial charge < -0.3 is 10.4 Å². The highest BCUT2D eigenvalue weighted by Crippen LogP contribution is 2.39. The lowest BCUT2D eigenvalue weighted by molar-refractivity contribution is -0.131. The van der Waals surface area contributed by atoms with E-state index in [-0.39, 0.29) is 0 Å². The molecular formula is C14H14N2O3S. The van der Waals surface area contributed by atoms with Gasteiger partial charge in [-0.1, -0.05) is 6.92 Å². The number of amides is 1. The summed E-state index contributed by atoms with van der Waals surface area (Å²) in [5.74, 6) is -1.17. The van der Waals surface area contributed by atoms with Gasteiger partial charge in [-0.05, 0) is 30.7 Å². The lowest BCUT2D eigenvalue weighted by Gasteiger charge is -2.17. The third kappa shape index (κ3) is 3.06. The Hall–Kier alpha value is -2.13. The van der Waals surface area contributed by atoms with Crippen molar-refractivity contribution in [2.45, 2.75) is 26.2 Å². The summed E-state index contributed by atoms with van der Waals surface area (Å²) in [7, 11) is 0. The zero-order valence-corrected chi connectivity index (χ0v) is 11.8. The fourth-order valence-corrected chi connectivity index (χ4v) is 3.46. The van der Waals surface area contributed by atoms with Crippen molar-refractivity contribution >= 4 is 28.2 Å². The highest BCUT2D eigenvalue weighted by atomic mass is 32.1. The minimum absolute atomic E-state index is 0.520. The SMILES string of the molecule is C[C@H]1CCc2sc(NC(=O)/C=C/C(=O)O)c(C#N)c2C1. The van der Waals surface area contributed by atoms with Crippen molar-refractivity contribution in [3.05, 3.63) is 28.2 Å². The second-order valence-corrected chi connectivity index (χ2v) is 5.93. The number of nitrogens with zero attached hydrogens (tertiary/aromatic N) is 1. The van der Waals surface area contributed by atoms with E-state index in [1.165, 1.54) is 11.3 Å². The summed E-state index contributed by atoms with van der Waals surface area (Å²) < 4.78 is 0. The Kier molecular flexibility index (Phi) is 4.20. The molecule has 1 atom stereocenters. The first-order valence-electron chi connectivity index (χ1n) is 6.28. The van der Waals surface area contributed by atoms with Gasteiger partial charge in [-0.3, -0.25) is 4.79 Å². The normalized spacial score (nSPS) is 17.5. The number of nitrogens with one attached hydrogen (secondary N) is 1. The first kappa shape index (κ1) is 14.3. The van der Waals surface area contributed by atoms with Gasteiger partial charge in [0.05, 0.1) is 5.56 Å². The topological polar surface area (TPSA) is 90.2 Å². The number of aryl methyl sites for hydroxylation is 1. The molecule has 2 N–H and O–H groups in total. The van der Waals surface area contributed by atoms with Crippen molar-refractivity contribution < 1.29 is 14.7 Å². The van der Waals surface area contributed by atoms with Crippen LogP contribution >= 0.6 is 11.3 Å². The van der Waals surface area contributed by atoms with Crippen LogP contribution in [-0.2, 0) is 22.4 Å². The van der Waals surface area contributed by atoms with Crippen molar-refractivity contribution in [3.63, 3.8) is 0 Å². The van der Waals surface area contributed by atoms with E-state index in [2.05, 4.69) is 18.3 Å². The molecule has 2 rings (SSSR count). The molecule has 0 saturated carbocycles. The number of hydrogen-bond acceptors (Lipinski definition) is 4. The number of carbonyl (C=O) groups is 2. The molecule has 6 heteroatoms. The predicted molar refractivity (Wildman–Crippen MR) is 75.6 cm³/mol. The minimum Gasteiger partial charge on any atom is -0.478 e. The van der Waals surface area contributed by atoms with E-state index in [1.807, 2.05) is 0 Å². The maximum absolute atomic E-state index is 11.6. The summed E-state index contributed by atoms with van der Waals surface area (Å²) in [5, 5.41) is 20.9. The monoisotopic (exact) mass is 290 g/mol. The van der Waals surface area contributed by atoms with E-state index >= 15 is 0 Å². The van der Waals surface area contributed by atoms with Crippen molar-refractivity contribution in [1.82, 2.24) is 0 Å². The second kappa shape index (κ2) is 5.88. The minimum atomic E-state index is -1.18. The number of nitriles is 1. The van der Waals surface area contributed by atoms with Gasteiger partial charge in [0, 0.05) is 17.0 Å². The molecule has 0 fully saturated rings. The zero-order valence-electron chi connectivity index (χ0n) is 11.0. The maximum atomic E-state index is 11.6. The van der Waals surface area contributed by atoms with Gasteiger partial charge in [0.2, 0.25) is 5.91 Å². The van der Waals surface area contributed by atoms with E-state index in [1.54, 1.807) is 0 Å². The van der Waals surface area contributed by atoms with E-state index in [4.69, 9.17) is 5.11 Å². The Morgan fingerprint density at radius 3 is 2.90 bits per heavy atom. The number of carboxylic acids is 1. The fourth-order valence-electron chi connectivity index (χ4n) is 2.26. The predicted octanol–water partition coefficient (Wildman–Crippen LogP) is 2.32. The molecule has 1 aromatic heterocycles. The molecule has 0 spiro atoms. The van der Waals surface area contributed by atoms with Gasteiger partial charge in [-0.15, -0.1) is 11.3 Å². The van der Waals surface area contributed by atoms with Crippen LogP contribution in [0, 0.1) is 17.2 Å². The molecule has 104 valence electrons. The van der Waals surface area contributed by atoms with E-state index in [0.717, 1.165) is 41.9 Å². The van der Waals surface area contributed by atoms with Crippen LogP contribution < -0.4 is 5.32 Å². The van der Waals surface area contributed by atoms with Crippen molar-refractivity contribution in [2.24, 2.45) is 5.92 Å². The number of rotatable bonds is 3. The van der Waals surface area contributed by atoms with Gasteiger partial charge >= 0.3 is 5.97 Å². The molecule has 0 aliphatic heterocycles. The van der Waals surface area contributed by atoms with Gasteiger partial charge in [0.25, 0.3) is 0 Å². The highest BCUT2D eigenvalue weighted by molar-refractivity contribution is 7.16.